The van der Waals surface area contributed by atoms with E-state index in [-0.39, 0.29) is 70.6 Å². The number of hydrogen-bond acceptors (Lipinski definition) is 25. The summed E-state index contributed by atoms with van der Waals surface area (Å²) < 4.78 is 69.5. The van der Waals surface area contributed by atoms with E-state index in [0.717, 1.165) is 12.8 Å². The monoisotopic (exact) mass is 1310 g/mol. The van der Waals surface area contributed by atoms with Crippen molar-refractivity contribution in [3.63, 3.8) is 0 Å². The predicted molar refractivity (Wildman–Crippen MR) is 329 cm³/mol. The Balaban J connectivity index is 3.50. The molecule has 91 heavy (non-hydrogen) atoms. The van der Waals surface area contributed by atoms with Crippen molar-refractivity contribution in [3.8, 4) is 0 Å². The highest BCUT2D eigenvalue weighted by Gasteiger charge is 2.69. The minimum Gasteiger partial charge on any atom is -0.463 e. The van der Waals surface area contributed by atoms with Crippen LogP contribution in [-0.4, -0.2) is 190 Å². The van der Waals surface area contributed by atoms with Gasteiger partial charge in [0, 0.05) is 51.4 Å². The fourth-order valence-electron chi connectivity index (χ4n) is 10.5. The minimum absolute atomic E-state index is 0.0746. The van der Waals surface area contributed by atoms with Crippen molar-refractivity contribution in [1.29, 1.82) is 0 Å². The van der Waals surface area contributed by atoms with Crippen LogP contribution in [0.1, 0.15) is 261 Å². The van der Waals surface area contributed by atoms with Gasteiger partial charge >= 0.3 is 47.8 Å². The standard InChI is InChI=1S/C66H114O25/c1-9-17-25-33-47(69)81-42-45-58(84-49(71)35-27-19-11-3)60(86-51(73)37-29-21-13-5)62(88-53(75)39-31-23-15-7)65(83-45)91-66(63(80)57(79)56(78)55(77)44(68)41-67)64(89-54(76)40-32-24-16-8)61(87-52(74)38-30-22-14-6)59(85-50(72)36-28-20-12-4)46(90-66)43-82-48(70)34-26-18-10-2/h44-46,55-65,67-68,77-80H,9-43H2,1-8H3/t44-,45-,46-,55-,56+,57+,58-,59-,60+,61+,62+,63?,64+,65+,66+/m1/s1. The highest BCUT2D eigenvalue weighted by molar-refractivity contribution is 5.73. The second-order valence-electron chi connectivity index (χ2n) is 23.9. The topological polar surface area (TPSA) is 359 Å². The Morgan fingerprint density at radius 2 is 0.670 bits per heavy atom. The molecule has 0 aromatic carbocycles. The molecular weight excluding hydrogens is 1190 g/mol. The van der Waals surface area contributed by atoms with Crippen LogP contribution in [0.4, 0.5) is 0 Å². The minimum atomic E-state index is -3.53. The van der Waals surface area contributed by atoms with E-state index < -0.39 is 159 Å². The molecule has 0 bridgehead atoms. The van der Waals surface area contributed by atoms with Crippen molar-refractivity contribution in [2.45, 2.75) is 352 Å². The van der Waals surface area contributed by atoms with Gasteiger partial charge in [-0.3, -0.25) is 38.4 Å². The third-order valence-electron chi connectivity index (χ3n) is 15.9. The second kappa shape index (κ2) is 47.3. The Morgan fingerprint density at radius 1 is 0.363 bits per heavy atom. The van der Waals surface area contributed by atoms with Crippen LogP contribution in [0.15, 0.2) is 0 Å². The SMILES string of the molecule is CCCCCC(=O)OC[C@H]1O[C@@H](O[C@]2(C(O)[C@@H](O)[C@@H](O)[C@H](O)[C@H](O)CO)O[C@H](COC(=O)CCCCC)[C@@H](OC(=O)CCCCC)[C@H](OC(=O)CCCCC)[C@@H]2OC(=O)CCCCC)[C@@H](OC(=O)CCCCC)[C@@H](OC(=O)CCCCC)[C@@H]1OC(=O)CCCCC. The van der Waals surface area contributed by atoms with Crippen molar-refractivity contribution >= 4 is 47.8 Å². The van der Waals surface area contributed by atoms with Crippen LogP contribution in [0, 0.1) is 0 Å². The molecule has 2 aliphatic rings. The van der Waals surface area contributed by atoms with Gasteiger partial charge in [0.2, 0.25) is 12.1 Å². The van der Waals surface area contributed by atoms with Gasteiger partial charge in [-0.2, -0.15) is 0 Å². The molecule has 2 heterocycles. The Hall–Kier alpha value is -4.60. The number of ether oxygens (including phenoxy) is 11. The third kappa shape index (κ3) is 29.7. The van der Waals surface area contributed by atoms with Gasteiger partial charge in [-0.25, -0.2) is 0 Å². The van der Waals surface area contributed by atoms with Gasteiger partial charge in [0.1, 0.15) is 55.9 Å². The van der Waals surface area contributed by atoms with Crippen molar-refractivity contribution in [2.24, 2.45) is 0 Å². The fraction of sp³-hybridized carbons (Fsp3) is 0.879. The van der Waals surface area contributed by atoms with E-state index in [9.17, 15) is 69.0 Å². The number of aliphatic hydroxyl groups is 6. The van der Waals surface area contributed by atoms with Gasteiger partial charge in [-0.05, 0) is 51.4 Å². The van der Waals surface area contributed by atoms with Crippen LogP contribution in [0.5, 0.6) is 0 Å². The third-order valence-corrected chi connectivity index (χ3v) is 15.9. The van der Waals surface area contributed by atoms with E-state index in [2.05, 4.69) is 0 Å². The molecule has 0 radical (unpaired) electrons. The molecular formula is C66H114O25. The lowest BCUT2D eigenvalue weighted by molar-refractivity contribution is -0.446. The molecule has 2 fully saturated rings. The van der Waals surface area contributed by atoms with Crippen LogP contribution in [0.3, 0.4) is 0 Å². The molecule has 0 saturated carbocycles. The summed E-state index contributed by atoms with van der Waals surface area (Å²) in [6.45, 7) is 12.3. The van der Waals surface area contributed by atoms with Crippen molar-refractivity contribution in [2.75, 3.05) is 19.8 Å². The first-order valence-corrected chi connectivity index (χ1v) is 34.2. The van der Waals surface area contributed by atoms with Gasteiger partial charge in [-0.15, -0.1) is 0 Å². The van der Waals surface area contributed by atoms with Gasteiger partial charge in [0.25, 0.3) is 0 Å². The summed E-state index contributed by atoms with van der Waals surface area (Å²) in [5.74, 6) is -10.7. The average Bonchev–Trinajstić information content (AvgIpc) is 0.738. The first-order chi connectivity index (χ1) is 43.7. The van der Waals surface area contributed by atoms with Crippen molar-refractivity contribution in [1.82, 2.24) is 0 Å². The van der Waals surface area contributed by atoms with Crippen LogP contribution >= 0.6 is 0 Å². The first-order valence-electron chi connectivity index (χ1n) is 34.2. The second-order valence-corrected chi connectivity index (χ2v) is 23.9. The highest BCUT2D eigenvalue weighted by atomic mass is 16.8. The molecule has 6 N–H and O–H groups in total. The molecule has 0 amide bonds. The smallest absolute Gasteiger partial charge is 0.306 e. The normalized spacial score (nSPS) is 24.0. The summed E-state index contributed by atoms with van der Waals surface area (Å²) in [6, 6.07) is 0. The van der Waals surface area contributed by atoms with E-state index in [1.54, 1.807) is 0 Å². The summed E-state index contributed by atoms with van der Waals surface area (Å²) in [7, 11) is 0. The Kier molecular flexibility index (Phi) is 42.9. The molecule has 1 unspecified atom stereocenters. The quantitative estimate of drug-likeness (QED) is 0.0192. The Bertz CT molecular complexity index is 2080. The molecule has 0 spiro atoms. The summed E-state index contributed by atoms with van der Waals surface area (Å²) in [6.07, 6.45) is -21.4. The zero-order valence-corrected chi connectivity index (χ0v) is 55.8. The van der Waals surface area contributed by atoms with Crippen LogP contribution < -0.4 is 0 Å². The van der Waals surface area contributed by atoms with Crippen LogP contribution in [-0.2, 0) is 90.5 Å². The maximum Gasteiger partial charge on any atom is 0.306 e. The zero-order chi connectivity index (χ0) is 67.7. The molecule has 0 aliphatic carbocycles. The zero-order valence-electron chi connectivity index (χ0n) is 55.8. The maximum atomic E-state index is 14.6. The molecule has 25 heteroatoms. The highest BCUT2D eigenvalue weighted by Crippen LogP contribution is 2.45. The number of unbranched alkanes of at least 4 members (excludes halogenated alkanes) is 16. The van der Waals surface area contributed by atoms with Gasteiger partial charge in [0.05, 0.1) is 6.61 Å². The predicted octanol–water partition coefficient (Wildman–Crippen LogP) is 7.82. The Morgan fingerprint density at radius 3 is 1.03 bits per heavy atom. The molecule has 2 rings (SSSR count). The summed E-state index contributed by atoms with van der Waals surface area (Å²) >= 11 is 0. The number of aliphatic hydroxyl groups excluding tert-OH is 6. The summed E-state index contributed by atoms with van der Waals surface area (Å²) in [4.78, 5) is 113. The number of carbonyl (C=O) groups is 8. The molecule has 2 saturated heterocycles. The molecule has 528 valence electrons. The van der Waals surface area contributed by atoms with Crippen LogP contribution in [0.2, 0.25) is 0 Å². The van der Waals surface area contributed by atoms with Gasteiger partial charge in [-0.1, -0.05) is 158 Å². The largest absolute Gasteiger partial charge is 0.463 e. The molecule has 0 aromatic heterocycles. The molecule has 25 nitrogen and oxygen atoms in total. The number of carbonyl (C=O) groups excluding carboxylic acids is 8. The summed E-state index contributed by atoms with van der Waals surface area (Å²) in [5.41, 5.74) is 0. The lowest BCUT2D eigenvalue weighted by Crippen LogP contribution is -2.76. The van der Waals surface area contributed by atoms with E-state index in [1.807, 2.05) is 55.4 Å². The number of rotatable bonds is 50. The maximum absolute atomic E-state index is 14.6. The van der Waals surface area contributed by atoms with E-state index in [1.165, 1.54) is 0 Å². The first kappa shape index (κ1) is 82.5. The number of hydrogen-bond donors (Lipinski definition) is 6. The van der Waals surface area contributed by atoms with E-state index in [0.29, 0.717) is 122 Å². The number of esters is 8. The molecule has 0 aromatic rings. The van der Waals surface area contributed by atoms with Crippen molar-refractivity contribution < 1.29 is 121 Å². The molecule has 2 aliphatic heterocycles. The van der Waals surface area contributed by atoms with E-state index in [4.69, 9.17) is 52.1 Å². The fourth-order valence-corrected chi connectivity index (χ4v) is 10.5. The average molecular weight is 1310 g/mol. The lowest BCUT2D eigenvalue weighted by atomic mass is 9.84. The van der Waals surface area contributed by atoms with Crippen LogP contribution in [0.25, 0.3) is 0 Å². The van der Waals surface area contributed by atoms with Gasteiger partial charge < -0.3 is 82.7 Å². The Labute approximate surface area is 539 Å². The lowest BCUT2D eigenvalue weighted by Gasteiger charge is -2.55. The van der Waals surface area contributed by atoms with Crippen molar-refractivity contribution in [3.05, 3.63) is 0 Å². The van der Waals surface area contributed by atoms with Gasteiger partial charge in [0.15, 0.2) is 36.6 Å². The van der Waals surface area contributed by atoms with E-state index >= 15 is 0 Å². The summed E-state index contributed by atoms with van der Waals surface area (Å²) in [5, 5.41) is 69.3. The molecule has 15 atom stereocenters.